The molecule has 20 heavy (non-hydrogen) atoms. The summed E-state index contributed by atoms with van der Waals surface area (Å²) >= 11 is 0. The average Bonchev–Trinajstić information content (AvgIpc) is 2.43. The first kappa shape index (κ1) is 13.9. The number of benzene rings is 1. The van der Waals surface area contributed by atoms with Gasteiger partial charge in [-0.1, -0.05) is 6.07 Å². The van der Waals surface area contributed by atoms with Crippen molar-refractivity contribution in [2.45, 2.75) is 19.4 Å². The lowest BCUT2D eigenvalue weighted by Gasteiger charge is -2.06. The number of amides is 1. The second kappa shape index (κ2) is 6.56. The second-order valence-electron chi connectivity index (χ2n) is 4.51. The quantitative estimate of drug-likeness (QED) is 0.815. The van der Waals surface area contributed by atoms with E-state index in [2.05, 4.69) is 5.32 Å². The highest BCUT2D eigenvalue weighted by atomic mass is 16.1. The molecule has 0 fully saturated rings. The SMILES string of the molecule is Nc1ccc(NC(=O)CCCn2ccccc2=O)cc1. The minimum absolute atomic E-state index is 0.0496. The lowest BCUT2D eigenvalue weighted by Crippen LogP contribution is -2.19. The Kier molecular flexibility index (Phi) is 4.55. The number of carbonyl (C=O) groups is 1. The first-order chi connectivity index (χ1) is 9.65. The van der Waals surface area contributed by atoms with Crippen molar-refractivity contribution in [1.29, 1.82) is 0 Å². The number of hydrogen-bond acceptors (Lipinski definition) is 3. The Labute approximate surface area is 117 Å². The highest BCUT2D eigenvalue weighted by Crippen LogP contribution is 2.11. The first-order valence-corrected chi connectivity index (χ1v) is 6.46. The number of nitrogens with zero attached hydrogens (tertiary/aromatic N) is 1. The average molecular weight is 271 g/mol. The van der Waals surface area contributed by atoms with E-state index in [0.717, 1.165) is 5.69 Å². The number of pyridine rings is 1. The standard InChI is InChI=1S/C15H17N3O2/c16-12-6-8-13(9-7-12)17-14(19)4-3-11-18-10-2-1-5-15(18)20/h1-2,5-10H,3-4,11,16H2,(H,17,19). The van der Waals surface area contributed by atoms with Crippen molar-refractivity contribution in [3.63, 3.8) is 0 Å². The van der Waals surface area contributed by atoms with Crippen molar-refractivity contribution >= 4 is 17.3 Å². The Bertz CT molecular complexity index is 632. The number of rotatable bonds is 5. The summed E-state index contributed by atoms with van der Waals surface area (Å²) in [6.07, 6.45) is 2.71. The molecule has 0 aliphatic rings. The van der Waals surface area contributed by atoms with Gasteiger partial charge in [0.05, 0.1) is 0 Å². The van der Waals surface area contributed by atoms with Crippen LogP contribution in [0.25, 0.3) is 0 Å². The fourth-order valence-corrected chi connectivity index (χ4v) is 1.85. The maximum absolute atomic E-state index is 11.7. The number of carbonyl (C=O) groups excluding carboxylic acids is 1. The van der Waals surface area contributed by atoms with Gasteiger partial charge in [0.1, 0.15) is 0 Å². The van der Waals surface area contributed by atoms with Crippen LogP contribution in [0.3, 0.4) is 0 Å². The van der Waals surface area contributed by atoms with E-state index in [1.165, 1.54) is 6.07 Å². The van der Waals surface area contributed by atoms with Crippen LogP contribution in [0.4, 0.5) is 11.4 Å². The van der Waals surface area contributed by atoms with Crippen LogP contribution in [-0.2, 0) is 11.3 Å². The van der Waals surface area contributed by atoms with E-state index in [9.17, 15) is 9.59 Å². The normalized spacial score (nSPS) is 10.2. The van der Waals surface area contributed by atoms with E-state index in [1.807, 2.05) is 0 Å². The van der Waals surface area contributed by atoms with E-state index >= 15 is 0 Å². The van der Waals surface area contributed by atoms with Gasteiger partial charge in [0.25, 0.3) is 0 Å². The van der Waals surface area contributed by atoms with E-state index in [0.29, 0.717) is 25.1 Å². The summed E-state index contributed by atoms with van der Waals surface area (Å²) in [4.78, 5) is 23.2. The molecule has 1 heterocycles. The molecule has 0 unspecified atom stereocenters. The van der Waals surface area contributed by atoms with Gasteiger partial charge < -0.3 is 15.6 Å². The van der Waals surface area contributed by atoms with Crippen LogP contribution in [0, 0.1) is 0 Å². The van der Waals surface area contributed by atoms with Crippen LogP contribution in [0.1, 0.15) is 12.8 Å². The van der Waals surface area contributed by atoms with Crippen molar-refractivity contribution < 1.29 is 4.79 Å². The molecule has 2 aromatic rings. The van der Waals surface area contributed by atoms with Gasteiger partial charge in [-0.05, 0) is 36.8 Å². The molecule has 5 heteroatoms. The molecule has 3 N–H and O–H groups in total. The Morgan fingerprint density at radius 3 is 2.60 bits per heavy atom. The zero-order chi connectivity index (χ0) is 14.4. The number of aryl methyl sites for hydroxylation is 1. The number of aromatic nitrogens is 1. The highest BCUT2D eigenvalue weighted by Gasteiger charge is 2.03. The molecular formula is C15H17N3O2. The number of nitrogens with one attached hydrogen (secondary N) is 1. The van der Waals surface area contributed by atoms with Gasteiger partial charge >= 0.3 is 0 Å². The van der Waals surface area contributed by atoms with E-state index < -0.39 is 0 Å². The van der Waals surface area contributed by atoms with Gasteiger partial charge in [0.2, 0.25) is 11.5 Å². The third kappa shape index (κ3) is 3.98. The van der Waals surface area contributed by atoms with Crippen molar-refractivity contribution in [2.75, 3.05) is 11.1 Å². The van der Waals surface area contributed by atoms with Crippen LogP contribution >= 0.6 is 0 Å². The highest BCUT2D eigenvalue weighted by molar-refractivity contribution is 5.90. The largest absolute Gasteiger partial charge is 0.399 e. The monoisotopic (exact) mass is 271 g/mol. The zero-order valence-electron chi connectivity index (χ0n) is 11.1. The van der Waals surface area contributed by atoms with Crippen LogP contribution in [0.2, 0.25) is 0 Å². The second-order valence-corrected chi connectivity index (χ2v) is 4.51. The van der Waals surface area contributed by atoms with Crippen molar-refractivity contribution in [3.05, 3.63) is 59.0 Å². The van der Waals surface area contributed by atoms with Crippen LogP contribution < -0.4 is 16.6 Å². The maximum Gasteiger partial charge on any atom is 0.250 e. The van der Waals surface area contributed by atoms with Gasteiger partial charge in [-0.2, -0.15) is 0 Å². The molecule has 0 saturated carbocycles. The van der Waals surface area contributed by atoms with E-state index in [-0.39, 0.29) is 11.5 Å². The summed E-state index contributed by atoms with van der Waals surface area (Å²) in [5.41, 5.74) is 6.90. The Hall–Kier alpha value is -2.56. The van der Waals surface area contributed by atoms with Gasteiger partial charge in [-0.15, -0.1) is 0 Å². The molecule has 1 amide bonds. The van der Waals surface area contributed by atoms with Gasteiger partial charge in [-0.25, -0.2) is 0 Å². The minimum atomic E-state index is -0.0706. The molecular weight excluding hydrogens is 254 g/mol. The summed E-state index contributed by atoms with van der Waals surface area (Å²) in [6, 6.07) is 12.0. The Balaban J connectivity index is 1.80. The molecule has 1 aromatic heterocycles. The fourth-order valence-electron chi connectivity index (χ4n) is 1.85. The topological polar surface area (TPSA) is 77.1 Å². The molecule has 0 aliphatic heterocycles. The van der Waals surface area contributed by atoms with E-state index in [4.69, 9.17) is 5.73 Å². The molecule has 0 saturated heterocycles. The lowest BCUT2D eigenvalue weighted by atomic mass is 10.2. The summed E-state index contributed by atoms with van der Waals surface area (Å²) in [5.74, 6) is -0.0706. The lowest BCUT2D eigenvalue weighted by molar-refractivity contribution is -0.116. The van der Waals surface area contributed by atoms with Crippen LogP contribution in [-0.4, -0.2) is 10.5 Å². The smallest absolute Gasteiger partial charge is 0.250 e. The molecule has 2 rings (SSSR count). The number of hydrogen-bond donors (Lipinski definition) is 2. The van der Waals surface area contributed by atoms with E-state index in [1.54, 1.807) is 47.2 Å². The summed E-state index contributed by atoms with van der Waals surface area (Å²) in [6.45, 7) is 0.537. The minimum Gasteiger partial charge on any atom is -0.399 e. The summed E-state index contributed by atoms with van der Waals surface area (Å²) in [7, 11) is 0. The predicted molar refractivity (Wildman–Crippen MR) is 79.4 cm³/mol. The van der Waals surface area contributed by atoms with Gasteiger partial charge in [-0.3, -0.25) is 9.59 Å². The number of nitrogens with two attached hydrogens (primary N) is 1. The molecule has 0 atom stereocenters. The molecule has 1 aromatic carbocycles. The molecule has 5 nitrogen and oxygen atoms in total. The number of anilines is 2. The van der Waals surface area contributed by atoms with Gasteiger partial charge in [0, 0.05) is 36.6 Å². The van der Waals surface area contributed by atoms with Crippen molar-refractivity contribution in [1.82, 2.24) is 4.57 Å². The fraction of sp³-hybridized carbons (Fsp3) is 0.200. The molecule has 0 spiro atoms. The first-order valence-electron chi connectivity index (χ1n) is 6.46. The Morgan fingerprint density at radius 2 is 1.90 bits per heavy atom. The molecule has 104 valence electrons. The van der Waals surface area contributed by atoms with Crippen LogP contribution in [0.15, 0.2) is 53.5 Å². The van der Waals surface area contributed by atoms with Gasteiger partial charge in [0.15, 0.2) is 0 Å². The maximum atomic E-state index is 11.7. The molecule has 0 bridgehead atoms. The Morgan fingerprint density at radius 1 is 1.15 bits per heavy atom. The van der Waals surface area contributed by atoms with Crippen LogP contribution in [0.5, 0.6) is 0 Å². The summed E-state index contributed by atoms with van der Waals surface area (Å²) in [5, 5.41) is 2.79. The molecule has 0 aliphatic carbocycles. The third-order valence-corrected chi connectivity index (χ3v) is 2.90. The van der Waals surface area contributed by atoms with Crippen molar-refractivity contribution in [2.24, 2.45) is 0 Å². The summed E-state index contributed by atoms with van der Waals surface area (Å²) < 4.78 is 1.59. The zero-order valence-corrected chi connectivity index (χ0v) is 11.1. The third-order valence-electron chi connectivity index (χ3n) is 2.90. The number of nitrogen functional groups attached to an aromatic ring is 1. The van der Waals surface area contributed by atoms with Crippen molar-refractivity contribution in [3.8, 4) is 0 Å². The predicted octanol–water partition coefficient (Wildman–Crippen LogP) is 1.85. The molecule has 0 radical (unpaired) electrons.